The average Bonchev–Trinajstić information content (AvgIpc) is 2.90. The Kier molecular flexibility index (Phi) is 4.70. The molecule has 6 nitrogen and oxygen atoms in total. The molecule has 1 unspecified atom stereocenters. The first-order valence-electron chi connectivity index (χ1n) is 6.49. The van der Waals surface area contributed by atoms with Crippen LogP contribution in [0.5, 0.6) is 0 Å². The van der Waals surface area contributed by atoms with E-state index in [9.17, 15) is 14.7 Å². The number of rotatable bonds is 4. The van der Waals surface area contributed by atoms with Gasteiger partial charge in [0.05, 0.1) is 6.61 Å². The topological polar surface area (TPSA) is 87.7 Å². The molecule has 1 fully saturated rings. The quantitative estimate of drug-likeness (QED) is 0.652. The Morgan fingerprint density at radius 2 is 1.90 bits per heavy atom. The maximum absolute atomic E-state index is 11.6. The van der Waals surface area contributed by atoms with Gasteiger partial charge in [-0.1, -0.05) is 30.3 Å². The number of hydrogen-bond donors (Lipinski definition) is 3. The van der Waals surface area contributed by atoms with E-state index in [1.165, 1.54) is 0 Å². The molecule has 0 bridgehead atoms. The van der Waals surface area contributed by atoms with Gasteiger partial charge < -0.3 is 20.5 Å². The lowest BCUT2D eigenvalue weighted by Crippen LogP contribution is -2.47. The number of amides is 2. The summed E-state index contributed by atoms with van der Waals surface area (Å²) in [6, 6.07) is 9.31. The molecular weight excluding hydrogens is 260 g/mol. The van der Waals surface area contributed by atoms with Crippen LogP contribution in [0.25, 0.3) is 0 Å². The largest absolute Gasteiger partial charge is 0.386 e. The number of ether oxygens (including phenoxy) is 1. The summed E-state index contributed by atoms with van der Waals surface area (Å²) in [6.45, 7) is 0.955. The van der Waals surface area contributed by atoms with Crippen molar-refractivity contribution in [2.75, 3.05) is 19.8 Å². The monoisotopic (exact) mass is 278 g/mol. The van der Waals surface area contributed by atoms with Crippen molar-refractivity contribution in [1.82, 2.24) is 10.6 Å². The van der Waals surface area contributed by atoms with Gasteiger partial charge in [0.2, 0.25) is 0 Å². The summed E-state index contributed by atoms with van der Waals surface area (Å²) in [4.78, 5) is 23.2. The highest BCUT2D eigenvalue weighted by Crippen LogP contribution is 2.16. The maximum atomic E-state index is 11.6. The van der Waals surface area contributed by atoms with Gasteiger partial charge in [-0.15, -0.1) is 0 Å². The minimum atomic E-state index is -1.06. The molecule has 108 valence electrons. The van der Waals surface area contributed by atoms with Gasteiger partial charge in [0.15, 0.2) is 0 Å². The lowest BCUT2D eigenvalue weighted by molar-refractivity contribution is -0.139. The molecule has 2 amide bonds. The van der Waals surface area contributed by atoms with E-state index in [1.54, 1.807) is 0 Å². The summed E-state index contributed by atoms with van der Waals surface area (Å²) >= 11 is 0. The van der Waals surface area contributed by atoms with Crippen LogP contribution < -0.4 is 10.6 Å². The molecule has 1 aliphatic heterocycles. The predicted octanol–water partition coefficient (Wildman–Crippen LogP) is -0.430. The molecule has 1 heterocycles. The van der Waals surface area contributed by atoms with E-state index in [-0.39, 0.29) is 13.2 Å². The number of carbonyl (C=O) groups is 2. The van der Waals surface area contributed by atoms with Crippen molar-refractivity contribution < 1.29 is 19.4 Å². The van der Waals surface area contributed by atoms with Crippen LogP contribution in [0.1, 0.15) is 12.0 Å². The van der Waals surface area contributed by atoms with Crippen LogP contribution in [-0.2, 0) is 20.9 Å². The van der Waals surface area contributed by atoms with Gasteiger partial charge >= 0.3 is 11.8 Å². The van der Waals surface area contributed by atoms with Crippen LogP contribution in [-0.4, -0.2) is 42.3 Å². The molecule has 0 aromatic heterocycles. The third kappa shape index (κ3) is 4.04. The Hall–Kier alpha value is -1.92. The summed E-state index contributed by atoms with van der Waals surface area (Å²) in [5.74, 6) is -1.46. The number of nitrogens with one attached hydrogen (secondary N) is 2. The first-order valence-corrected chi connectivity index (χ1v) is 6.49. The summed E-state index contributed by atoms with van der Waals surface area (Å²) in [6.07, 6.45) is 0.457. The van der Waals surface area contributed by atoms with Crippen molar-refractivity contribution >= 4 is 11.8 Å². The summed E-state index contributed by atoms with van der Waals surface area (Å²) < 4.78 is 5.06. The van der Waals surface area contributed by atoms with Crippen LogP contribution in [0.2, 0.25) is 0 Å². The fourth-order valence-electron chi connectivity index (χ4n) is 1.92. The highest BCUT2D eigenvalue weighted by molar-refractivity contribution is 6.35. The zero-order valence-corrected chi connectivity index (χ0v) is 11.1. The second-order valence-corrected chi connectivity index (χ2v) is 4.88. The molecule has 2 rings (SSSR count). The minimum Gasteiger partial charge on any atom is -0.386 e. The second-order valence-electron chi connectivity index (χ2n) is 4.88. The third-order valence-electron chi connectivity index (χ3n) is 3.16. The van der Waals surface area contributed by atoms with Gasteiger partial charge in [-0.25, -0.2) is 0 Å². The number of benzene rings is 1. The van der Waals surface area contributed by atoms with Gasteiger partial charge in [0, 0.05) is 26.1 Å². The molecule has 0 aliphatic carbocycles. The summed E-state index contributed by atoms with van der Waals surface area (Å²) in [7, 11) is 0. The van der Waals surface area contributed by atoms with E-state index in [0.717, 1.165) is 5.56 Å². The van der Waals surface area contributed by atoms with Gasteiger partial charge in [-0.3, -0.25) is 9.59 Å². The van der Waals surface area contributed by atoms with Crippen molar-refractivity contribution in [2.45, 2.75) is 18.6 Å². The van der Waals surface area contributed by atoms with Crippen molar-refractivity contribution in [2.24, 2.45) is 0 Å². The van der Waals surface area contributed by atoms with E-state index in [1.807, 2.05) is 30.3 Å². The van der Waals surface area contributed by atoms with Crippen molar-refractivity contribution in [1.29, 1.82) is 0 Å². The lowest BCUT2D eigenvalue weighted by atomic mass is 10.0. The highest BCUT2D eigenvalue weighted by Gasteiger charge is 2.33. The van der Waals surface area contributed by atoms with Crippen LogP contribution in [0, 0.1) is 0 Å². The third-order valence-corrected chi connectivity index (χ3v) is 3.16. The van der Waals surface area contributed by atoms with Crippen LogP contribution in [0.15, 0.2) is 30.3 Å². The van der Waals surface area contributed by atoms with Gasteiger partial charge in [-0.05, 0) is 5.56 Å². The number of aliphatic hydroxyl groups is 1. The zero-order chi connectivity index (χ0) is 14.4. The van der Waals surface area contributed by atoms with E-state index >= 15 is 0 Å². The average molecular weight is 278 g/mol. The van der Waals surface area contributed by atoms with E-state index in [0.29, 0.717) is 19.6 Å². The molecule has 1 aliphatic rings. The maximum Gasteiger partial charge on any atom is 0.309 e. The highest BCUT2D eigenvalue weighted by atomic mass is 16.5. The fraction of sp³-hybridized carbons (Fsp3) is 0.429. The first kappa shape index (κ1) is 14.5. The lowest BCUT2D eigenvalue weighted by Gasteiger charge is -2.20. The number of carbonyl (C=O) groups excluding carboxylic acids is 2. The molecule has 1 saturated heterocycles. The van der Waals surface area contributed by atoms with Crippen LogP contribution >= 0.6 is 0 Å². The minimum absolute atomic E-state index is 0.0184. The smallest absolute Gasteiger partial charge is 0.309 e. The molecule has 3 N–H and O–H groups in total. The second kappa shape index (κ2) is 6.49. The standard InChI is InChI=1S/C14H18N2O4/c17-12(15-8-11-4-2-1-3-5-11)13(18)16-9-14(19)6-7-20-10-14/h1-5,19H,6-10H2,(H,15,17)(H,16,18). The van der Waals surface area contributed by atoms with Gasteiger partial charge in [-0.2, -0.15) is 0 Å². The van der Waals surface area contributed by atoms with Crippen LogP contribution in [0.4, 0.5) is 0 Å². The molecule has 6 heteroatoms. The Morgan fingerprint density at radius 1 is 1.20 bits per heavy atom. The molecule has 1 atom stereocenters. The van der Waals surface area contributed by atoms with Crippen LogP contribution in [0.3, 0.4) is 0 Å². The van der Waals surface area contributed by atoms with Crippen molar-refractivity contribution in [3.05, 3.63) is 35.9 Å². The van der Waals surface area contributed by atoms with E-state index < -0.39 is 17.4 Å². The Labute approximate surface area is 117 Å². The molecule has 0 radical (unpaired) electrons. The van der Waals surface area contributed by atoms with Gasteiger partial charge in [0.1, 0.15) is 5.60 Å². The van der Waals surface area contributed by atoms with Gasteiger partial charge in [0.25, 0.3) is 0 Å². The molecule has 1 aromatic carbocycles. The summed E-state index contributed by atoms with van der Waals surface area (Å²) in [5.41, 5.74) is -0.147. The predicted molar refractivity (Wildman–Crippen MR) is 71.7 cm³/mol. The first-order chi connectivity index (χ1) is 9.59. The molecule has 1 aromatic rings. The molecule has 0 spiro atoms. The van der Waals surface area contributed by atoms with E-state index in [4.69, 9.17) is 4.74 Å². The summed E-state index contributed by atoms with van der Waals surface area (Å²) in [5, 5.41) is 14.9. The normalized spacial score (nSPS) is 21.4. The fourth-order valence-corrected chi connectivity index (χ4v) is 1.92. The Morgan fingerprint density at radius 3 is 2.55 bits per heavy atom. The molecule has 0 saturated carbocycles. The van der Waals surface area contributed by atoms with E-state index in [2.05, 4.69) is 10.6 Å². The van der Waals surface area contributed by atoms with Crippen molar-refractivity contribution in [3.63, 3.8) is 0 Å². The Bertz CT molecular complexity index is 469. The molecule has 20 heavy (non-hydrogen) atoms. The Balaban J connectivity index is 1.73. The van der Waals surface area contributed by atoms with Crippen molar-refractivity contribution in [3.8, 4) is 0 Å². The number of hydrogen-bond acceptors (Lipinski definition) is 4. The molecular formula is C14H18N2O4. The SMILES string of the molecule is O=C(NCc1ccccc1)C(=O)NCC1(O)CCOC1. The zero-order valence-electron chi connectivity index (χ0n) is 11.1.